The van der Waals surface area contributed by atoms with Crippen LogP contribution in [0.2, 0.25) is 0 Å². The molecule has 0 aliphatic heterocycles. The number of aromatic nitrogens is 3. The second-order valence-corrected chi connectivity index (χ2v) is 9.11. The molecule has 0 saturated carbocycles. The van der Waals surface area contributed by atoms with Crippen molar-refractivity contribution in [1.29, 1.82) is 0 Å². The van der Waals surface area contributed by atoms with Crippen molar-refractivity contribution in [2.24, 2.45) is 10.8 Å². The maximum absolute atomic E-state index is 4.66. The standard InChI is InChI=1S/C23H33N3/c1-7-13-23(6,8-2)16-19(22(3,4)5)26-17-11-9-14-24-20(17)21-18(26)12-10-15-25-21/h9-12,14-15,19H,7-8,13,16H2,1-6H3. The molecule has 0 bridgehead atoms. The normalized spacial score (nSPS) is 16.1. The van der Waals surface area contributed by atoms with E-state index in [0.717, 1.165) is 11.0 Å². The molecule has 26 heavy (non-hydrogen) atoms. The predicted molar refractivity (Wildman–Crippen MR) is 111 cm³/mol. The minimum absolute atomic E-state index is 0.148. The van der Waals surface area contributed by atoms with E-state index in [1.54, 1.807) is 0 Å². The van der Waals surface area contributed by atoms with Crippen LogP contribution < -0.4 is 0 Å². The van der Waals surface area contributed by atoms with Crippen LogP contribution >= 0.6 is 0 Å². The van der Waals surface area contributed by atoms with Crippen LogP contribution in [0, 0.1) is 10.8 Å². The van der Waals surface area contributed by atoms with Crippen LogP contribution in [-0.2, 0) is 0 Å². The van der Waals surface area contributed by atoms with E-state index < -0.39 is 0 Å². The number of rotatable bonds is 6. The Morgan fingerprint density at radius 3 is 1.88 bits per heavy atom. The first-order valence-corrected chi connectivity index (χ1v) is 10.0. The average molecular weight is 352 g/mol. The number of pyridine rings is 2. The van der Waals surface area contributed by atoms with Gasteiger partial charge in [0.1, 0.15) is 11.0 Å². The zero-order valence-corrected chi connectivity index (χ0v) is 17.2. The molecule has 3 aromatic rings. The monoisotopic (exact) mass is 351 g/mol. The molecule has 0 spiro atoms. The predicted octanol–water partition coefficient (Wildman–Crippen LogP) is 6.78. The summed E-state index contributed by atoms with van der Waals surface area (Å²) in [4.78, 5) is 9.33. The third-order valence-electron chi connectivity index (χ3n) is 6.02. The molecule has 0 aromatic carbocycles. The van der Waals surface area contributed by atoms with Crippen molar-refractivity contribution in [3.63, 3.8) is 0 Å². The Bertz CT molecular complexity index is 834. The lowest BCUT2D eigenvalue weighted by molar-refractivity contribution is 0.141. The van der Waals surface area contributed by atoms with Crippen LogP contribution in [-0.4, -0.2) is 14.5 Å². The lowest BCUT2D eigenvalue weighted by atomic mass is 9.71. The number of hydrogen-bond acceptors (Lipinski definition) is 2. The van der Waals surface area contributed by atoms with Crippen LogP contribution in [0.25, 0.3) is 22.1 Å². The van der Waals surface area contributed by atoms with Gasteiger partial charge in [0.25, 0.3) is 0 Å². The highest BCUT2D eigenvalue weighted by Crippen LogP contribution is 2.46. The van der Waals surface area contributed by atoms with Gasteiger partial charge in [0.15, 0.2) is 0 Å². The Morgan fingerprint density at radius 2 is 1.46 bits per heavy atom. The van der Waals surface area contributed by atoms with Crippen molar-refractivity contribution >= 4 is 22.1 Å². The Balaban J connectivity index is 2.24. The molecule has 0 aliphatic rings. The highest BCUT2D eigenvalue weighted by atomic mass is 15.1. The number of fused-ring (bicyclic) bond motifs is 3. The van der Waals surface area contributed by atoms with Gasteiger partial charge in [-0.1, -0.05) is 54.4 Å². The van der Waals surface area contributed by atoms with Gasteiger partial charge in [-0.3, -0.25) is 9.97 Å². The minimum atomic E-state index is 0.148. The van der Waals surface area contributed by atoms with Crippen molar-refractivity contribution in [2.45, 2.75) is 73.3 Å². The summed E-state index contributed by atoms with van der Waals surface area (Å²) in [5.41, 5.74) is 4.94. The summed E-state index contributed by atoms with van der Waals surface area (Å²) >= 11 is 0. The maximum atomic E-state index is 4.66. The minimum Gasteiger partial charge on any atom is -0.334 e. The third kappa shape index (κ3) is 3.36. The van der Waals surface area contributed by atoms with Crippen molar-refractivity contribution in [2.75, 3.05) is 0 Å². The summed E-state index contributed by atoms with van der Waals surface area (Å²) < 4.78 is 2.52. The Hall–Kier alpha value is -1.90. The molecule has 0 radical (unpaired) electrons. The van der Waals surface area contributed by atoms with Crippen LogP contribution in [0.5, 0.6) is 0 Å². The molecule has 3 heteroatoms. The van der Waals surface area contributed by atoms with Gasteiger partial charge in [-0.25, -0.2) is 0 Å². The van der Waals surface area contributed by atoms with Gasteiger partial charge < -0.3 is 4.57 Å². The van der Waals surface area contributed by atoms with Crippen molar-refractivity contribution < 1.29 is 0 Å². The van der Waals surface area contributed by atoms with E-state index in [9.17, 15) is 0 Å². The number of nitrogens with zero attached hydrogens (tertiary/aromatic N) is 3. The molecule has 2 atom stereocenters. The first-order valence-electron chi connectivity index (χ1n) is 10.0. The van der Waals surface area contributed by atoms with Crippen molar-refractivity contribution in [1.82, 2.24) is 14.5 Å². The van der Waals surface area contributed by atoms with E-state index in [1.165, 1.54) is 36.7 Å². The fourth-order valence-electron chi connectivity index (χ4n) is 4.29. The van der Waals surface area contributed by atoms with Crippen LogP contribution in [0.15, 0.2) is 36.7 Å². The summed E-state index contributed by atoms with van der Waals surface area (Å²) in [5, 5.41) is 0. The van der Waals surface area contributed by atoms with Crippen LogP contribution in [0.3, 0.4) is 0 Å². The summed E-state index contributed by atoms with van der Waals surface area (Å²) in [6.07, 6.45) is 8.63. The van der Waals surface area contributed by atoms with E-state index >= 15 is 0 Å². The fourth-order valence-corrected chi connectivity index (χ4v) is 4.29. The molecule has 3 rings (SSSR count). The second kappa shape index (κ2) is 7.02. The first kappa shape index (κ1) is 18.9. The molecule has 3 aromatic heterocycles. The fraction of sp³-hybridized carbons (Fsp3) is 0.565. The summed E-state index contributed by atoms with van der Waals surface area (Å²) in [5.74, 6) is 0. The van der Waals surface area contributed by atoms with Gasteiger partial charge in [-0.2, -0.15) is 0 Å². The smallest absolute Gasteiger partial charge is 0.114 e. The first-order chi connectivity index (χ1) is 12.3. The molecule has 0 saturated heterocycles. The van der Waals surface area contributed by atoms with Gasteiger partial charge in [0.05, 0.1) is 11.0 Å². The summed E-state index contributed by atoms with van der Waals surface area (Å²) in [6.45, 7) is 14.2. The van der Waals surface area contributed by atoms with Gasteiger partial charge in [0, 0.05) is 18.4 Å². The molecule has 0 aliphatic carbocycles. The van der Waals surface area contributed by atoms with Crippen molar-refractivity contribution in [3.05, 3.63) is 36.7 Å². The summed E-state index contributed by atoms with van der Waals surface area (Å²) in [6, 6.07) is 8.88. The lowest BCUT2D eigenvalue weighted by Crippen LogP contribution is -2.30. The average Bonchev–Trinajstić information content (AvgIpc) is 2.93. The zero-order chi connectivity index (χ0) is 18.9. The molecule has 140 valence electrons. The van der Waals surface area contributed by atoms with E-state index in [2.05, 4.69) is 68.2 Å². The SMILES string of the molecule is CCCC(C)(CC)CC(n1c2cccnc2c2ncccc21)C(C)(C)C. The molecule has 2 unspecified atom stereocenters. The number of hydrogen-bond donors (Lipinski definition) is 0. The van der Waals surface area contributed by atoms with Gasteiger partial charge in [-0.05, 0) is 47.9 Å². The molecular weight excluding hydrogens is 318 g/mol. The van der Waals surface area contributed by atoms with E-state index in [0.29, 0.717) is 11.5 Å². The largest absolute Gasteiger partial charge is 0.334 e. The highest BCUT2D eigenvalue weighted by molar-refractivity contribution is 6.03. The van der Waals surface area contributed by atoms with Gasteiger partial charge in [-0.15, -0.1) is 0 Å². The molecule has 0 N–H and O–H groups in total. The van der Waals surface area contributed by atoms with Crippen LogP contribution in [0.4, 0.5) is 0 Å². The zero-order valence-electron chi connectivity index (χ0n) is 17.2. The Kier molecular flexibility index (Phi) is 5.09. The highest BCUT2D eigenvalue weighted by Gasteiger charge is 2.35. The Morgan fingerprint density at radius 1 is 0.923 bits per heavy atom. The second-order valence-electron chi connectivity index (χ2n) is 9.11. The molecule has 3 heterocycles. The lowest BCUT2D eigenvalue weighted by Gasteiger charge is -2.40. The van der Waals surface area contributed by atoms with Gasteiger partial charge in [0.2, 0.25) is 0 Å². The van der Waals surface area contributed by atoms with Gasteiger partial charge >= 0.3 is 0 Å². The third-order valence-corrected chi connectivity index (χ3v) is 6.02. The molecular formula is C23H33N3. The topological polar surface area (TPSA) is 30.7 Å². The molecule has 0 fully saturated rings. The van der Waals surface area contributed by atoms with E-state index in [-0.39, 0.29) is 5.41 Å². The van der Waals surface area contributed by atoms with Crippen molar-refractivity contribution in [3.8, 4) is 0 Å². The maximum Gasteiger partial charge on any atom is 0.114 e. The Labute approximate surface area is 157 Å². The molecule has 3 nitrogen and oxygen atoms in total. The van der Waals surface area contributed by atoms with E-state index in [4.69, 9.17) is 0 Å². The quantitative estimate of drug-likeness (QED) is 0.490. The molecule has 0 amide bonds. The summed E-state index contributed by atoms with van der Waals surface area (Å²) in [7, 11) is 0. The van der Waals surface area contributed by atoms with Crippen LogP contribution in [0.1, 0.15) is 73.3 Å². The van der Waals surface area contributed by atoms with E-state index in [1.807, 2.05) is 24.5 Å².